The zero-order chi connectivity index (χ0) is 14.3. The molecule has 0 amide bonds. The van der Waals surface area contributed by atoms with Crippen LogP contribution in [0.2, 0.25) is 0 Å². The van der Waals surface area contributed by atoms with Crippen molar-refractivity contribution in [1.82, 2.24) is 5.32 Å². The van der Waals surface area contributed by atoms with E-state index >= 15 is 0 Å². The first-order chi connectivity index (χ1) is 9.80. The number of benzene rings is 1. The average molecular weight is 295 g/mol. The van der Waals surface area contributed by atoms with E-state index in [1.54, 1.807) is 7.11 Å². The number of rotatable bonds is 10. The van der Waals surface area contributed by atoms with E-state index in [1.807, 2.05) is 30.0 Å². The fraction of sp³-hybridized carbons (Fsp3) is 0.625. The van der Waals surface area contributed by atoms with Crippen LogP contribution in [0.3, 0.4) is 0 Å². The largest absolute Gasteiger partial charge is 0.394 e. The second-order valence-corrected chi connectivity index (χ2v) is 6.60. The third kappa shape index (κ3) is 4.48. The Labute approximate surface area is 126 Å². The Kier molecular flexibility index (Phi) is 6.36. The van der Waals surface area contributed by atoms with Crippen LogP contribution < -0.4 is 5.32 Å². The number of ether oxygens (including phenoxy) is 1. The van der Waals surface area contributed by atoms with E-state index in [-0.39, 0.29) is 12.1 Å². The van der Waals surface area contributed by atoms with Crippen LogP contribution in [0, 0.1) is 0 Å². The minimum atomic E-state index is -0.289. The Hall–Kier alpha value is -0.550. The molecule has 4 heteroatoms. The van der Waals surface area contributed by atoms with Crippen LogP contribution in [0.5, 0.6) is 0 Å². The first-order valence-electron chi connectivity index (χ1n) is 7.31. The second kappa shape index (κ2) is 8.03. The smallest absolute Gasteiger partial charge is 0.0679 e. The summed E-state index contributed by atoms with van der Waals surface area (Å²) < 4.78 is 5.07. The molecule has 0 bridgehead atoms. The molecule has 2 rings (SSSR count). The molecule has 1 saturated carbocycles. The van der Waals surface area contributed by atoms with Crippen molar-refractivity contribution in [3.8, 4) is 0 Å². The zero-order valence-electron chi connectivity index (χ0n) is 12.2. The van der Waals surface area contributed by atoms with E-state index in [2.05, 4.69) is 17.4 Å². The lowest BCUT2D eigenvalue weighted by Gasteiger charge is -2.34. The van der Waals surface area contributed by atoms with Gasteiger partial charge in [-0.05, 0) is 30.6 Å². The molecule has 0 aliphatic heterocycles. The molecule has 1 fully saturated rings. The van der Waals surface area contributed by atoms with Gasteiger partial charge in [-0.25, -0.2) is 0 Å². The predicted molar refractivity (Wildman–Crippen MR) is 85.2 cm³/mol. The minimum absolute atomic E-state index is 0.151. The molecule has 3 nitrogen and oxygen atoms in total. The van der Waals surface area contributed by atoms with Gasteiger partial charge in [-0.3, -0.25) is 0 Å². The number of thioether (sulfide) groups is 1. The highest BCUT2D eigenvalue weighted by molar-refractivity contribution is 7.99. The van der Waals surface area contributed by atoms with Crippen LogP contribution in [-0.4, -0.2) is 43.0 Å². The number of hydrogen-bond acceptors (Lipinski definition) is 4. The monoisotopic (exact) mass is 295 g/mol. The van der Waals surface area contributed by atoms with Gasteiger partial charge in [0.1, 0.15) is 0 Å². The van der Waals surface area contributed by atoms with E-state index < -0.39 is 0 Å². The van der Waals surface area contributed by atoms with Crippen LogP contribution in [0.1, 0.15) is 24.8 Å². The third-order valence-corrected chi connectivity index (χ3v) is 4.71. The van der Waals surface area contributed by atoms with Crippen molar-refractivity contribution in [3.63, 3.8) is 0 Å². The Bertz CT molecular complexity index is 383. The van der Waals surface area contributed by atoms with E-state index in [0.29, 0.717) is 6.04 Å². The maximum atomic E-state index is 10.0. The molecule has 0 aromatic heterocycles. The number of aliphatic hydroxyl groups excluding tert-OH is 1. The van der Waals surface area contributed by atoms with Gasteiger partial charge in [0.2, 0.25) is 0 Å². The average Bonchev–Trinajstić information content (AvgIpc) is 3.30. The quantitative estimate of drug-likeness (QED) is 0.650. The molecule has 0 saturated heterocycles. The van der Waals surface area contributed by atoms with E-state index in [4.69, 9.17) is 4.74 Å². The van der Waals surface area contributed by atoms with Crippen LogP contribution in [0.25, 0.3) is 0 Å². The molecule has 1 atom stereocenters. The van der Waals surface area contributed by atoms with Crippen LogP contribution in [0.4, 0.5) is 0 Å². The third-order valence-electron chi connectivity index (χ3n) is 3.76. The van der Waals surface area contributed by atoms with Gasteiger partial charge in [-0.2, -0.15) is 11.8 Å². The first-order valence-corrected chi connectivity index (χ1v) is 8.47. The normalized spacial score (nSPS) is 17.9. The number of hydrogen-bond donors (Lipinski definition) is 2. The fourth-order valence-electron chi connectivity index (χ4n) is 2.38. The molecular weight excluding hydrogens is 270 g/mol. The van der Waals surface area contributed by atoms with E-state index in [1.165, 1.54) is 18.4 Å². The van der Waals surface area contributed by atoms with Crippen molar-refractivity contribution in [2.45, 2.75) is 30.8 Å². The molecule has 112 valence electrons. The molecule has 1 aliphatic rings. The van der Waals surface area contributed by atoms with Gasteiger partial charge in [0, 0.05) is 18.9 Å². The topological polar surface area (TPSA) is 41.5 Å². The summed E-state index contributed by atoms with van der Waals surface area (Å²) in [5.74, 6) is 2.04. The van der Waals surface area contributed by atoms with Gasteiger partial charge in [-0.15, -0.1) is 0 Å². The maximum Gasteiger partial charge on any atom is 0.0679 e. The summed E-state index contributed by atoms with van der Waals surface area (Å²) in [5, 5.41) is 13.7. The lowest BCUT2D eigenvalue weighted by molar-refractivity contribution is 0.154. The molecule has 20 heavy (non-hydrogen) atoms. The molecule has 1 aromatic carbocycles. The van der Waals surface area contributed by atoms with Crippen molar-refractivity contribution < 1.29 is 9.84 Å². The van der Waals surface area contributed by atoms with Gasteiger partial charge >= 0.3 is 0 Å². The summed E-state index contributed by atoms with van der Waals surface area (Å²) >= 11 is 1.89. The van der Waals surface area contributed by atoms with Gasteiger partial charge < -0.3 is 15.2 Å². The van der Waals surface area contributed by atoms with Gasteiger partial charge in [0.05, 0.1) is 18.8 Å². The first kappa shape index (κ1) is 15.8. The summed E-state index contributed by atoms with van der Waals surface area (Å²) in [6.07, 6.45) is 3.40. The Morgan fingerprint density at radius 3 is 2.65 bits per heavy atom. The lowest BCUT2D eigenvalue weighted by Crippen LogP contribution is -2.47. The van der Waals surface area contributed by atoms with Gasteiger partial charge in [-0.1, -0.05) is 30.3 Å². The van der Waals surface area contributed by atoms with Gasteiger partial charge in [0.15, 0.2) is 0 Å². The maximum absolute atomic E-state index is 10.0. The molecule has 2 N–H and O–H groups in total. The summed E-state index contributed by atoms with van der Waals surface area (Å²) in [6.45, 7) is 0.941. The summed E-state index contributed by atoms with van der Waals surface area (Å²) in [6, 6.07) is 10.9. The molecule has 0 spiro atoms. The van der Waals surface area contributed by atoms with Crippen LogP contribution >= 0.6 is 11.8 Å². The molecular formula is C16H25NO2S. The molecule has 1 aliphatic carbocycles. The summed E-state index contributed by atoms with van der Waals surface area (Å²) in [7, 11) is 1.73. The summed E-state index contributed by atoms with van der Waals surface area (Å²) in [4.78, 5) is 0. The van der Waals surface area contributed by atoms with Crippen molar-refractivity contribution in [2.24, 2.45) is 0 Å². The SMILES string of the molecule is COCCSCCC(CO)(NC1CC1)c1ccccc1. The van der Waals surface area contributed by atoms with Crippen LogP contribution in [-0.2, 0) is 10.3 Å². The lowest BCUT2D eigenvalue weighted by atomic mass is 9.87. The molecule has 1 unspecified atom stereocenters. The highest BCUT2D eigenvalue weighted by atomic mass is 32.2. The Balaban J connectivity index is 1.98. The molecule has 0 radical (unpaired) electrons. The van der Waals surface area contributed by atoms with Gasteiger partial charge in [0.25, 0.3) is 0 Å². The highest BCUT2D eigenvalue weighted by Crippen LogP contribution is 2.32. The minimum Gasteiger partial charge on any atom is -0.394 e. The fourth-order valence-corrected chi connectivity index (χ4v) is 3.36. The van der Waals surface area contributed by atoms with Crippen molar-refractivity contribution in [3.05, 3.63) is 35.9 Å². The predicted octanol–water partition coefficient (Wildman–Crippen LogP) is 2.40. The van der Waals surface area contributed by atoms with E-state index in [0.717, 1.165) is 24.5 Å². The molecule has 0 heterocycles. The van der Waals surface area contributed by atoms with Crippen molar-refractivity contribution in [2.75, 3.05) is 31.8 Å². The standard InChI is InChI=1S/C16H25NO2S/c1-19-10-12-20-11-9-16(13-18,17-15-7-8-15)14-5-3-2-4-6-14/h2-6,15,17-18H,7-13H2,1H3. The number of methoxy groups -OCH3 is 1. The second-order valence-electron chi connectivity index (χ2n) is 5.38. The van der Waals surface area contributed by atoms with Crippen molar-refractivity contribution in [1.29, 1.82) is 0 Å². The Morgan fingerprint density at radius 1 is 1.30 bits per heavy atom. The Morgan fingerprint density at radius 2 is 2.05 bits per heavy atom. The number of aliphatic hydroxyl groups is 1. The highest BCUT2D eigenvalue weighted by Gasteiger charge is 2.36. The van der Waals surface area contributed by atoms with Crippen molar-refractivity contribution >= 4 is 11.8 Å². The number of nitrogens with one attached hydrogen (secondary N) is 1. The summed E-state index contributed by atoms with van der Waals surface area (Å²) in [5.41, 5.74) is 0.907. The van der Waals surface area contributed by atoms with E-state index in [9.17, 15) is 5.11 Å². The zero-order valence-corrected chi connectivity index (χ0v) is 13.0. The van der Waals surface area contributed by atoms with Crippen LogP contribution in [0.15, 0.2) is 30.3 Å². The molecule has 1 aromatic rings.